The molecule has 1 aromatic rings. The van der Waals surface area contributed by atoms with Crippen LogP contribution in [0.3, 0.4) is 0 Å². The van der Waals surface area contributed by atoms with Crippen LogP contribution in [-0.4, -0.2) is 10.8 Å². The Hall–Kier alpha value is -0.860. The van der Waals surface area contributed by atoms with Crippen molar-refractivity contribution in [3.8, 4) is 0 Å². The summed E-state index contributed by atoms with van der Waals surface area (Å²) in [5.41, 5.74) is 7.29. The van der Waals surface area contributed by atoms with Crippen LogP contribution >= 0.6 is 0 Å². The Labute approximate surface area is 78.4 Å². The molecule has 0 saturated carbocycles. The third-order valence-corrected chi connectivity index (χ3v) is 3.07. The van der Waals surface area contributed by atoms with Crippen LogP contribution in [0.2, 0.25) is 0 Å². The third kappa shape index (κ3) is 1.36. The Morgan fingerprint density at radius 2 is 2.15 bits per heavy atom. The number of hydrogen-bond donors (Lipinski definition) is 2. The zero-order valence-corrected chi connectivity index (χ0v) is 7.83. The number of rotatable bonds is 0. The minimum atomic E-state index is -1.02. The van der Waals surface area contributed by atoms with E-state index in [9.17, 15) is 5.11 Å². The first-order valence-corrected chi connectivity index (χ1v) is 4.70. The Balaban J connectivity index is 2.45. The van der Waals surface area contributed by atoms with Crippen molar-refractivity contribution >= 4 is 0 Å². The average molecular weight is 177 g/mol. The molecule has 0 radical (unpaired) electrons. The van der Waals surface area contributed by atoms with E-state index in [1.807, 2.05) is 19.1 Å². The number of aliphatic hydroxyl groups is 1. The maximum atomic E-state index is 9.87. The largest absolute Gasteiger partial charge is 0.375 e. The molecule has 2 atom stereocenters. The Morgan fingerprint density at radius 1 is 1.46 bits per heavy atom. The molecule has 0 spiro atoms. The van der Waals surface area contributed by atoms with E-state index in [1.165, 1.54) is 11.1 Å². The summed E-state index contributed by atoms with van der Waals surface area (Å²) in [6.07, 6.45) is 1.54. The topological polar surface area (TPSA) is 46.2 Å². The lowest BCUT2D eigenvalue weighted by Crippen LogP contribution is -2.47. The van der Waals surface area contributed by atoms with Crippen LogP contribution in [0.5, 0.6) is 0 Å². The summed E-state index contributed by atoms with van der Waals surface area (Å²) in [5.74, 6) is 0.0393. The normalized spacial score (nSPS) is 32.7. The smallest absolute Gasteiger partial charge is 0.120 e. The molecule has 3 N–H and O–H groups in total. The molecule has 0 aliphatic heterocycles. The van der Waals surface area contributed by atoms with Crippen LogP contribution in [0, 0.1) is 0 Å². The molecular formula is C11H15NO. The molecule has 2 rings (SSSR count). The first kappa shape index (κ1) is 8.73. The fourth-order valence-corrected chi connectivity index (χ4v) is 2.00. The summed E-state index contributed by atoms with van der Waals surface area (Å²) < 4.78 is 0. The van der Waals surface area contributed by atoms with Crippen molar-refractivity contribution in [2.24, 2.45) is 5.73 Å². The van der Waals surface area contributed by atoms with E-state index in [1.54, 1.807) is 0 Å². The Kier molecular flexibility index (Phi) is 1.90. The lowest BCUT2D eigenvalue weighted by molar-refractivity contribution is 0.00897. The molecule has 0 saturated heterocycles. The van der Waals surface area contributed by atoms with Gasteiger partial charge in [-0.05, 0) is 24.0 Å². The molecule has 0 bridgehead atoms. The molecule has 2 heteroatoms. The first-order valence-electron chi connectivity index (χ1n) is 4.70. The van der Waals surface area contributed by atoms with E-state index >= 15 is 0 Å². The van der Waals surface area contributed by atoms with Gasteiger partial charge in [-0.3, -0.25) is 0 Å². The highest BCUT2D eigenvalue weighted by atomic mass is 16.3. The van der Waals surface area contributed by atoms with Crippen molar-refractivity contribution in [1.29, 1.82) is 0 Å². The second-order valence-electron chi connectivity index (χ2n) is 3.91. The van der Waals surface area contributed by atoms with Gasteiger partial charge in [0.05, 0.1) is 0 Å². The summed E-state index contributed by atoms with van der Waals surface area (Å²) in [4.78, 5) is 0. The van der Waals surface area contributed by atoms with Gasteiger partial charge in [-0.25, -0.2) is 0 Å². The molecule has 2 nitrogen and oxygen atoms in total. The summed E-state index contributed by atoms with van der Waals surface area (Å²) in [7, 11) is 0. The molecular weight excluding hydrogens is 162 g/mol. The van der Waals surface area contributed by atoms with Crippen molar-refractivity contribution in [1.82, 2.24) is 0 Å². The zero-order chi connectivity index (χ0) is 9.47. The second-order valence-corrected chi connectivity index (χ2v) is 3.91. The molecule has 2 unspecified atom stereocenters. The van der Waals surface area contributed by atoms with Gasteiger partial charge in [0.25, 0.3) is 0 Å². The van der Waals surface area contributed by atoms with Crippen LogP contribution in [0.15, 0.2) is 24.3 Å². The predicted octanol–water partition coefficient (Wildman–Crippen LogP) is 1.38. The minimum absolute atomic E-state index is 0.0393. The summed E-state index contributed by atoms with van der Waals surface area (Å²) in [5, 5.41) is 9.87. The highest BCUT2D eigenvalue weighted by Gasteiger charge is 2.34. The van der Waals surface area contributed by atoms with Crippen molar-refractivity contribution < 1.29 is 5.11 Å². The van der Waals surface area contributed by atoms with Gasteiger partial charge in [0.1, 0.15) is 5.72 Å². The number of hydrogen-bond acceptors (Lipinski definition) is 2. The van der Waals surface area contributed by atoms with Crippen LogP contribution in [0.25, 0.3) is 0 Å². The monoisotopic (exact) mass is 177 g/mol. The predicted molar refractivity (Wildman–Crippen MR) is 52.3 cm³/mol. The minimum Gasteiger partial charge on any atom is -0.375 e. The lowest BCUT2D eigenvalue weighted by Gasteiger charge is -2.36. The van der Waals surface area contributed by atoms with E-state index in [0.29, 0.717) is 6.42 Å². The van der Waals surface area contributed by atoms with Crippen LogP contribution in [0.4, 0.5) is 0 Å². The fraction of sp³-hybridized carbons (Fsp3) is 0.455. The standard InChI is InChI=1S/C11H15NO/c1-8-10-5-3-2-4-9(10)6-7-11(8,12)13/h2-5,8,13H,6-7,12H2,1H3. The van der Waals surface area contributed by atoms with Gasteiger partial charge in [0.2, 0.25) is 0 Å². The van der Waals surface area contributed by atoms with E-state index in [0.717, 1.165) is 6.42 Å². The summed E-state index contributed by atoms with van der Waals surface area (Å²) in [6, 6.07) is 8.20. The maximum absolute atomic E-state index is 9.87. The van der Waals surface area contributed by atoms with Crippen molar-refractivity contribution in [2.75, 3.05) is 0 Å². The van der Waals surface area contributed by atoms with Crippen molar-refractivity contribution in [2.45, 2.75) is 31.4 Å². The molecule has 1 aliphatic rings. The molecule has 0 fully saturated rings. The van der Waals surface area contributed by atoms with E-state index in [2.05, 4.69) is 12.1 Å². The van der Waals surface area contributed by atoms with Gasteiger partial charge in [0, 0.05) is 5.92 Å². The van der Waals surface area contributed by atoms with Gasteiger partial charge in [-0.15, -0.1) is 0 Å². The third-order valence-electron chi connectivity index (χ3n) is 3.07. The highest BCUT2D eigenvalue weighted by molar-refractivity contribution is 5.34. The van der Waals surface area contributed by atoms with E-state index in [-0.39, 0.29) is 5.92 Å². The SMILES string of the molecule is CC1c2ccccc2CCC1(N)O. The van der Waals surface area contributed by atoms with Gasteiger partial charge < -0.3 is 10.8 Å². The van der Waals surface area contributed by atoms with Gasteiger partial charge in [-0.2, -0.15) is 0 Å². The molecule has 0 amide bonds. The van der Waals surface area contributed by atoms with Crippen LogP contribution < -0.4 is 5.73 Å². The van der Waals surface area contributed by atoms with Gasteiger partial charge in [-0.1, -0.05) is 31.2 Å². The molecule has 13 heavy (non-hydrogen) atoms. The number of benzene rings is 1. The second kappa shape index (κ2) is 2.82. The van der Waals surface area contributed by atoms with Crippen LogP contribution in [0.1, 0.15) is 30.4 Å². The molecule has 70 valence electrons. The summed E-state index contributed by atoms with van der Waals surface area (Å²) in [6.45, 7) is 1.98. The number of nitrogens with two attached hydrogens (primary N) is 1. The average Bonchev–Trinajstić information content (AvgIpc) is 2.13. The van der Waals surface area contributed by atoms with Crippen LogP contribution in [-0.2, 0) is 6.42 Å². The van der Waals surface area contributed by atoms with Gasteiger partial charge >= 0.3 is 0 Å². The lowest BCUT2D eigenvalue weighted by atomic mass is 9.78. The zero-order valence-electron chi connectivity index (χ0n) is 7.83. The van der Waals surface area contributed by atoms with Gasteiger partial charge in [0.15, 0.2) is 0 Å². The summed E-state index contributed by atoms with van der Waals surface area (Å²) >= 11 is 0. The highest BCUT2D eigenvalue weighted by Crippen LogP contribution is 2.35. The first-order chi connectivity index (χ1) is 6.11. The number of fused-ring (bicyclic) bond motifs is 1. The molecule has 1 aromatic carbocycles. The quantitative estimate of drug-likeness (QED) is 0.588. The fourth-order valence-electron chi connectivity index (χ4n) is 2.00. The van der Waals surface area contributed by atoms with Crippen molar-refractivity contribution in [3.05, 3.63) is 35.4 Å². The maximum Gasteiger partial charge on any atom is 0.120 e. The number of aryl methyl sites for hydroxylation is 1. The van der Waals surface area contributed by atoms with Crippen molar-refractivity contribution in [3.63, 3.8) is 0 Å². The molecule has 0 aromatic heterocycles. The molecule has 1 aliphatic carbocycles. The van der Waals surface area contributed by atoms with E-state index < -0.39 is 5.72 Å². The molecule has 0 heterocycles. The Morgan fingerprint density at radius 3 is 2.92 bits per heavy atom. The Bertz CT molecular complexity index is 320. The van der Waals surface area contributed by atoms with E-state index in [4.69, 9.17) is 5.73 Å².